The average Bonchev–Trinajstić information content (AvgIpc) is 2.16. The van der Waals surface area contributed by atoms with Crippen LogP contribution in [0.4, 0.5) is 13.2 Å². The van der Waals surface area contributed by atoms with Crippen molar-refractivity contribution in [3.05, 3.63) is 35.4 Å². The van der Waals surface area contributed by atoms with Crippen LogP contribution < -0.4 is 5.73 Å². The van der Waals surface area contributed by atoms with Gasteiger partial charge in [0, 0.05) is 0 Å². The van der Waals surface area contributed by atoms with Crippen LogP contribution in [0, 0.1) is 0 Å². The van der Waals surface area contributed by atoms with E-state index in [2.05, 4.69) is 0 Å². The van der Waals surface area contributed by atoms with Crippen LogP contribution in [0.3, 0.4) is 0 Å². The maximum absolute atomic E-state index is 12.2. The van der Waals surface area contributed by atoms with Crippen molar-refractivity contribution >= 4 is 0 Å². The van der Waals surface area contributed by atoms with Gasteiger partial charge in [-0.25, -0.2) is 0 Å². The topological polar surface area (TPSA) is 26.0 Å². The Kier molecular flexibility index (Phi) is 3.74. The van der Waals surface area contributed by atoms with Gasteiger partial charge in [0.05, 0.1) is 0 Å². The molecule has 1 rings (SSSR count). The molecule has 0 unspecified atom stereocenters. The molecular formula is C11H14F3N. The zero-order valence-corrected chi connectivity index (χ0v) is 8.51. The lowest BCUT2D eigenvalue weighted by Crippen LogP contribution is -2.39. The van der Waals surface area contributed by atoms with Gasteiger partial charge < -0.3 is 5.73 Å². The molecular weight excluding hydrogens is 203 g/mol. The summed E-state index contributed by atoms with van der Waals surface area (Å²) in [5.41, 5.74) is 6.72. The summed E-state index contributed by atoms with van der Waals surface area (Å²) in [6.07, 6.45) is -3.66. The average molecular weight is 217 g/mol. The van der Waals surface area contributed by atoms with Crippen molar-refractivity contribution in [3.63, 3.8) is 0 Å². The number of hydrogen-bond acceptors (Lipinski definition) is 1. The minimum atomic E-state index is -4.32. The molecule has 0 aliphatic heterocycles. The number of nitrogens with two attached hydrogens (primary N) is 1. The van der Waals surface area contributed by atoms with Crippen LogP contribution in [0.1, 0.15) is 18.1 Å². The molecule has 0 fully saturated rings. The second kappa shape index (κ2) is 4.66. The molecule has 0 aliphatic rings. The summed E-state index contributed by atoms with van der Waals surface area (Å²) in [5, 5.41) is 0. The Labute approximate surface area is 87.1 Å². The van der Waals surface area contributed by atoms with E-state index in [1.807, 2.05) is 13.0 Å². The largest absolute Gasteiger partial charge is 0.403 e. The maximum Gasteiger partial charge on any atom is 0.403 e. The lowest BCUT2D eigenvalue weighted by molar-refractivity contribution is -0.147. The molecule has 0 saturated carbocycles. The fourth-order valence-electron chi connectivity index (χ4n) is 1.35. The van der Waals surface area contributed by atoms with Gasteiger partial charge in [0.25, 0.3) is 0 Å². The molecule has 0 bridgehead atoms. The minimum absolute atomic E-state index is 0.155. The van der Waals surface area contributed by atoms with Gasteiger partial charge in [-0.2, -0.15) is 13.2 Å². The summed E-state index contributed by atoms with van der Waals surface area (Å²) in [5.74, 6) is 0. The number of benzene rings is 1. The van der Waals surface area contributed by atoms with Gasteiger partial charge in [-0.1, -0.05) is 31.2 Å². The maximum atomic E-state index is 12.2. The van der Waals surface area contributed by atoms with E-state index in [-0.39, 0.29) is 6.42 Å². The Balaban J connectivity index is 2.72. The molecule has 0 aromatic heterocycles. The molecule has 2 N–H and O–H groups in total. The highest BCUT2D eigenvalue weighted by Gasteiger charge is 2.36. The van der Waals surface area contributed by atoms with E-state index in [0.717, 1.165) is 12.0 Å². The fourth-order valence-corrected chi connectivity index (χ4v) is 1.35. The standard InChI is InChI=1S/C11H14F3N/c1-2-8-4-3-5-9(6-8)7-10(15)11(12,13)14/h3-6,10H,2,7,15H2,1H3/t10-/m0/s1. The van der Waals surface area contributed by atoms with Crippen LogP contribution >= 0.6 is 0 Å². The van der Waals surface area contributed by atoms with Crippen LogP contribution in [0.15, 0.2) is 24.3 Å². The third kappa shape index (κ3) is 3.55. The molecule has 0 aliphatic carbocycles. The first-order valence-electron chi connectivity index (χ1n) is 4.83. The SMILES string of the molecule is CCc1cccc(C[C@H](N)C(F)(F)F)c1. The molecule has 0 heterocycles. The molecule has 4 heteroatoms. The van der Waals surface area contributed by atoms with Crippen molar-refractivity contribution < 1.29 is 13.2 Å². The van der Waals surface area contributed by atoms with E-state index < -0.39 is 12.2 Å². The van der Waals surface area contributed by atoms with Crippen LogP contribution in [0.25, 0.3) is 0 Å². The zero-order chi connectivity index (χ0) is 11.5. The van der Waals surface area contributed by atoms with Crippen molar-refractivity contribution in [2.45, 2.75) is 32.0 Å². The van der Waals surface area contributed by atoms with E-state index in [0.29, 0.717) is 5.56 Å². The lowest BCUT2D eigenvalue weighted by atomic mass is 10.0. The summed E-state index contributed by atoms with van der Waals surface area (Å²) in [6.45, 7) is 1.96. The molecule has 1 aromatic rings. The molecule has 1 atom stereocenters. The molecule has 0 spiro atoms. The number of alkyl halides is 3. The van der Waals surface area contributed by atoms with E-state index in [4.69, 9.17) is 5.73 Å². The summed E-state index contributed by atoms with van der Waals surface area (Å²) in [6, 6.07) is 5.32. The first-order valence-corrected chi connectivity index (χ1v) is 4.83. The third-order valence-corrected chi connectivity index (χ3v) is 2.28. The van der Waals surface area contributed by atoms with Crippen LogP contribution in [0.5, 0.6) is 0 Å². The Morgan fingerprint density at radius 1 is 1.27 bits per heavy atom. The van der Waals surface area contributed by atoms with Gasteiger partial charge in [-0.05, 0) is 24.0 Å². The predicted octanol–water partition coefficient (Wildman–Crippen LogP) is 2.68. The van der Waals surface area contributed by atoms with Crippen molar-refractivity contribution in [1.29, 1.82) is 0 Å². The lowest BCUT2D eigenvalue weighted by Gasteiger charge is -2.15. The van der Waals surface area contributed by atoms with Gasteiger partial charge >= 0.3 is 6.18 Å². The summed E-state index contributed by atoms with van der Waals surface area (Å²) < 4.78 is 36.6. The molecule has 15 heavy (non-hydrogen) atoms. The van der Waals surface area contributed by atoms with Crippen molar-refractivity contribution in [2.75, 3.05) is 0 Å². The van der Waals surface area contributed by atoms with Gasteiger partial charge in [0.2, 0.25) is 0 Å². The molecule has 1 nitrogen and oxygen atoms in total. The van der Waals surface area contributed by atoms with Crippen molar-refractivity contribution in [1.82, 2.24) is 0 Å². The quantitative estimate of drug-likeness (QED) is 0.827. The first-order chi connectivity index (χ1) is 6.93. The monoisotopic (exact) mass is 217 g/mol. The summed E-state index contributed by atoms with van der Waals surface area (Å²) >= 11 is 0. The molecule has 0 radical (unpaired) electrons. The Morgan fingerprint density at radius 2 is 1.87 bits per heavy atom. The van der Waals surface area contributed by atoms with Crippen LogP contribution in [0.2, 0.25) is 0 Å². The van der Waals surface area contributed by atoms with E-state index in [9.17, 15) is 13.2 Å². The second-order valence-electron chi connectivity index (χ2n) is 3.53. The smallest absolute Gasteiger partial charge is 0.320 e. The minimum Gasteiger partial charge on any atom is -0.320 e. The fraction of sp³-hybridized carbons (Fsp3) is 0.455. The number of hydrogen-bond donors (Lipinski definition) is 1. The second-order valence-corrected chi connectivity index (χ2v) is 3.53. The number of halogens is 3. The first kappa shape index (κ1) is 12.0. The van der Waals surface area contributed by atoms with Gasteiger partial charge in [-0.15, -0.1) is 0 Å². The zero-order valence-electron chi connectivity index (χ0n) is 8.51. The van der Waals surface area contributed by atoms with Gasteiger partial charge in [0.1, 0.15) is 6.04 Å². The van der Waals surface area contributed by atoms with Crippen molar-refractivity contribution in [2.24, 2.45) is 5.73 Å². The van der Waals surface area contributed by atoms with Gasteiger partial charge in [-0.3, -0.25) is 0 Å². The Morgan fingerprint density at radius 3 is 2.40 bits per heavy atom. The number of rotatable bonds is 3. The van der Waals surface area contributed by atoms with Gasteiger partial charge in [0.15, 0.2) is 0 Å². The molecule has 0 amide bonds. The predicted molar refractivity (Wildman–Crippen MR) is 53.6 cm³/mol. The van der Waals surface area contributed by atoms with E-state index in [1.54, 1.807) is 18.2 Å². The molecule has 84 valence electrons. The Bertz CT molecular complexity index is 320. The summed E-state index contributed by atoms with van der Waals surface area (Å²) in [4.78, 5) is 0. The normalized spacial score (nSPS) is 13.9. The number of aryl methyl sites for hydroxylation is 1. The molecule has 0 saturated heterocycles. The third-order valence-electron chi connectivity index (χ3n) is 2.28. The van der Waals surface area contributed by atoms with E-state index in [1.165, 1.54) is 0 Å². The Hall–Kier alpha value is -1.03. The van der Waals surface area contributed by atoms with Crippen LogP contribution in [-0.2, 0) is 12.8 Å². The van der Waals surface area contributed by atoms with Crippen molar-refractivity contribution in [3.8, 4) is 0 Å². The van der Waals surface area contributed by atoms with Crippen LogP contribution in [-0.4, -0.2) is 12.2 Å². The summed E-state index contributed by atoms with van der Waals surface area (Å²) in [7, 11) is 0. The molecule has 1 aromatic carbocycles. The van der Waals surface area contributed by atoms with E-state index >= 15 is 0 Å². The highest BCUT2D eigenvalue weighted by molar-refractivity contribution is 5.24. The highest BCUT2D eigenvalue weighted by Crippen LogP contribution is 2.21. The highest BCUT2D eigenvalue weighted by atomic mass is 19.4.